The van der Waals surface area contributed by atoms with E-state index in [9.17, 15) is 0 Å². The molecule has 2 aromatic heterocycles. The van der Waals surface area contributed by atoms with E-state index in [2.05, 4.69) is 27.4 Å². The van der Waals surface area contributed by atoms with Gasteiger partial charge in [-0.1, -0.05) is 12.1 Å². The standard InChI is InChI=1S/C13H17N3S/c1-10(14)12-6-3-7-15-13(12)16(2)9-11-5-4-8-17-11/h3-8,10H,9,14H2,1-2H3/t10-/m1/s1. The van der Waals surface area contributed by atoms with Gasteiger partial charge in [0.1, 0.15) is 5.82 Å². The predicted molar refractivity (Wildman–Crippen MR) is 73.3 cm³/mol. The fourth-order valence-electron chi connectivity index (χ4n) is 1.79. The van der Waals surface area contributed by atoms with Gasteiger partial charge in [-0.05, 0) is 24.4 Å². The number of rotatable bonds is 4. The van der Waals surface area contributed by atoms with Crippen molar-refractivity contribution in [2.75, 3.05) is 11.9 Å². The van der Waals surface area contributed by atoms with Gasteiger partial charge in [0.25, 0.3) is 0 Å². The lowest BCUT2D eigenvalue weighted by Gasteiger charge is -2.21. The monoisotopic (exact) mass is 247 g/mol. The van der Waals surface area contributed by atoms with Gasteiger partial charge in [0.2, 0.25) is 0 Å². The zero-order chi connectivity index (χ0) is 12.3. The molecule has 0 saturated heterocycles. The van der Waals surface area contributed by atoms with Crippen molar-refractivity contribution in [1.82, 2.24) is 4.98 Å². The van der Waals surface area contributed by atoms with Crippen LogP contribution in [0.2, 0.25) is 0 Å². The van der Waals surface area contributed by atoms with Crippen molar-refractivity contribution in [3.05, 3.63) is 46.3 Å². The number of aromatic nitrogens is 1. The number of nitrogens with two attached hydrogens (primary N) is 1. The molecule has 0 aliphatic rings. The summed E-state index contributed by atoms with van der Waals surface area (Å²) < 4.78 is 0. The van der Waals surface area contributed by atoms with Crippen LogP contribution in [0.3, 0.4) is 0 Å². The number of pyridine rings is 1. The van der Waals surface area contributed by atoms with Crippen LogP contribution in [0, 0.1) is 0 Å². The molecule has 0 spiro atoms. The second-order valence-electron chi connectivity index (χ2n) is 4.14. The largest absolute Gasteiger partial charge is 0.354 e. The predicted octanol–water partition coefficient (Wildman–Crippen LogP) is 2.80. The lowest BCUT2D eigenvalue weighted by atomic mass is 10.1. The van der Waals surface area contributed by atoms with Crippen LogP contribution in [-0.4, -0.2) is 12.0 Å². The van der Waals surface area contributed by atoms with Crippen LogP contribution in [0.25, 0.3) is 0 Å². The normalized spacial score (nSPS) is 12.4. The van der Waals surface area contributed by atoms with Gasteiger partial charge in [-0.15, -0.1) is 11.3 Å². The topological polar surface area (TPSA) is 42.1 Å². The smallest absolute Gasteiger partial charge is 0.133 e. The SMILES string of the molecule is C[C@@H](N)c1cccnc1N(C)Cc1cccs1. The van der Waals surface area contributed by atoms with Gasteiger partial charge < -0.3 is 10.6 Å². The Hall–Kier alpha value is -1.39. The molecule has 90 valence electrons. The van der Waals surface area contributed by atoms with E-state index < -0.39 is 0 Å². The average Bonchev–Trinajstić information content (AvgIpc) is 2.81. The van der Waals surface area contributed by atoms with Crippen LogP contribution in [0.1, 0.15) is 23.4 Å². The minimum Gasteiger partial charge on any atom is -0.354 e. The van der Waals surface area contributed by atoms with E-state index in [0.717, 1.165) is 17.9 Å². The fourth-order valence-corrected chi connectivity index (χ4v) is 2.55. The summed E-state index contributed by atoms with van der Waals surface area (Å²) in [6.07, 6.45) is 1.81. The third kappa shape index (κ3) is 2.84. The number of hydrogen-bond donors (Lipinski definition) is 1. The van der Waals surface area contributed by atoms with Crippen molar-refractivity contribution < 1.29 is 0 Å². The molecule has 2 heterocycles. The Morgan fingerprint density at radius 1 is 1.41 bits per heavy atom. The van der Waals surface area contributed by atoms with E-state index in [0.29, 0.717) is 0 Å². The first-order chi connectivity index (χ1) is 8.18. The van der Waals surface area contributed by atoms with Crippen molar-refractivity contribution in [2.24, 2.45) is 5.73 Å². The summed E-state index contributed by atoms with van der Waals surface area (Å²) in [5.74, 6) is 0.968. The van der Waals surface area contributed by atoms with Crippen LogP contribution in [0.4, 0.5) is 5.82 Å². The van der Waals surface area contributed by atoms with Crippen LogP contribution in [0.15, 0.2) is 35.8 Å². The van der Waals surface area contributed by atoms with Crippen molar-refractivity contribution in [1.29, 1.82) is 0 Å². The Balaban J connectivity index is 2.21. The molecule has 0 bridgehead atoms. The van der Waals surface area contributed by atoms with Crippen LogP contribution in [0.5, 0.6) is 0 Å². The molecule has 0 aromatic carbocycles. The van der Waals surface area contributed by atoms with Gasteiger partial charge in [-0.2, -0.15) is 0 Å². The molecule has 0 aliphatic heterocycles. The molecule has 0 radical (unpaired) electrons. The zero-order valence-corrected chi connectivity index (χ0v) is 10.9. The van der Waals surface area contributed by atoms with Gasteiger partial charge in [0.15, 0.2) is 0 Å². The van der Waals surface area contributed by atoms with Gasteiger partial charge >= 0.3 is 0 Å². The van der Waals surface area contributed by atoms with Gasteiger partial charge in [-0.3, -0.25) is 0 Å². The Labute approximate surface area is 106 Å². The summed E-state index contributed by atoms with van der Waals surface area (Å²) in [6.45, 7) is 2.86. The van der Waals surface area contributed by atoms with E-state index in [1.807, 2.05) is 32.3 Å². The minimum atomic E-state index is 0.00415. The van der Waals surface area contributed by atoms with Crippen LogP contribution < -0.4 is 10.6 Å². The van der Waals surface area contributed by atoms with Crippen molar-refractivity contribution in [2.45, 2.75) is 19.5 Å². The molecule has 3 nitrogen and oxygen atoms in total. The maximum Gasteiger partial charge on any atom is 0.133 e. The summed E-state index contributed by atoms with van der Waals surface area (Å²) in [5.41, 5.74) is 7.05. The molecule has 1 atom stereocenters. The summed E-state index contributed by atoms with van der Waals surface area (Å²) in [4.78, 5) is 7.90. The summed E-state index contributed by atoms with van der Waals surface area (Å²) in [6, 6.07) is 8.18. The van der Waals surface area contributed by atoms with E-state index in [4.69, 9.17) is 5.73 Å². The Bertz CT molecular complexity index is 465. The van der Waals surface area contributed by atoms with Crippen LogP contribution in [-0.2, 0) is 6.54 Å². The van der Waals surface area contributed by atoms with E-state index in [1.165, 1.54) is 4.88 Å². The summed E-state index contributed by atoms with van der Waals surface area (Å²) in [7, 11) is 2.05. The highest BCUT2D eigenvalue weighted by atomic mass is 32.1. The minimum absolute atomic E-state index is 0.00415. The third-order valence-electron chi connectivity index (χ3n) is 2.64. The van der Waals surface area contributed by atoms with E-state index in [-0.39, 0.29) is 6.04 Å². The number of thiophene rings is 1. The van der Waals surface area contributed by atoms with Crippen molar-refractivity contribution in [3.63, 3.8) is 0 Å². The molecule has 0 amide bonds. The molecular formula is C13H17N3S. The molecule has 17 heavy (non-hydrogen) atoms. The molecule has 0 unspecified atom stereocenters. The fraction of sp³-hybridized carbons (Fsp3) is 0.308. The first kappa shape index (κ1) is 12.1. The molecule has 2 rings (SSSR count). The van der Waals surface area contributed by atoms with Crippen molar-refractivity contribution in [3.8, 4) is 0 Å². The van der Waals surface area contributed by atoms with Gasteiger partial charge in [0.05, 0.1) is 6.54 Å². The molecule has 0 aliphatic carbocycles. The first-order valence-electron chi connectivity index (χ1n) is 5.62. The molecule has 2 aromatic rings. The highest BCUT2D eigenvalue weighted by molar-refractivity contribution is 7.09. The molecular weight excluding hydrogens is 230 g/mol. The Morgan fingerprint density at radius 2 is 2.24 bits per heavy atom. The summed E-state index contributed by atoms with van der Waals surface area (Å²) in [5, 5.41) is 2.09. The zero-order valence-electron chi connectivity index (χ0n) is 10.1. The van der Waals surface area contributed by atoms with E-state index in [1.54, 1.807) is 11.3 Å². The third-order valence-corrected chi connectivity index (χ3v) is 3.50. The quantitative estimate of drug-likeness (QED) is 0.903. The second kappa shape index (κ2) is 5.29. The van der Waals surface area contributed by atoms with Crippen LogP contribution >= 0.6 is 11.3 Å². The molecule has 0 saturated carbocycles. The van der Waals surface area contributed by atoms with Gasteiger partial charge in [0, 0.05) is 29.7 Å². The maximum absolute atomic E-state index is 5.96. The van der Waals surface area contributed by atoms with Crippen molar-refractivity contribution >= 4 is 17.2 Å². The number of nitrogens with zero attached hydrogens (tertiary/aromatic N) is 2. The first-order valence-corrected chi connectivity index (χ1v) is 6.50. The molecule has 4 heteroatoms. The Morgan fingerprint density at radius 3 is 2.88 bits per heavy atom. The molecule has 0 fully saturated rings. The maximum atomic E-state index is 5.96. The molecule has 2 N–H and O–H groups in total. The Kier molecular flexibility index (Phi) is 3.76. The average molecular weight is 247 g/mol. The highest BCUT2D eigenvalue weighted by Crippen LogP contribution is 2.23. The van der Waals surface area contributed by atoms with Gasteiger partial charge in [-0.25, -0.2) is 4.98 Å². The van der Waals surface area contributed by atoms with E-state index >= 15 is 0 Å². The lowest BCUT2D eigenvalue weighted by molar-refractivity contribution is 0.790. The number of anilines is 1. The highest BCUT2D eigenvalue weighted by Gasteiger charge is 2.12. The number of hydrogen-bond acceptors (Lipinski definition) is 4. The lowest BCUT2D eigenvalue weighted by Crippen LogP contribution is -2.20. The summed E-state index contributed by atoms with van der Waals surface area (Å²) >= 11 is 1.76. The second-order valence-corrected chi connectivity index (χ2v) is 5.17.